The number of ether oxygens (including phenoxy) is 7. The van der Waals surface area contributed by atoms with E-state index in [0.29, 0.717) is 51.4 Å². The SMILES string of the molecule is CCCCCCCCCCCCCCCC(=O)OC(CCCCCCCCCCC)CC(=O)NC1C(OP(=O)(O)O)OC(CO[C@@H]2OC(CO)[C@@H](O)[C@H](OC(=O)CC(CCCCCCCCCCC)OC(=O)CCCCCCCCCCC)C2NC(=O)CC(O)CCCCCCCCCCC)[C@@H](O)[C@@H]1OC(=O)CC(O)CCCCCCCCCCC. The fourth-order valence-corrected chi connectivity index (χ4v) is 17.1. The summed E-state index contributed by atoms with van der Waals surface area (Å²) in [5.41, 5.74) is 0. The topological polar surface area (TPSA) is 359 Å². The van der Waals surface area contributed by atoms with Crippen LogP contribution in [0.1, 0.15) is 478 Å². The van der Waals surface area contributed by atoms with Gasteiger partial charge in [0.2, 0.25) is 11.8 Å². The summed E-state index contributed by atoms with van der Waals surface area (Å²) >= 11 is 0. The number of hydrogen-bond acceptors (Lipinski definition) is 20. The summed E-state index contributed by atoms with van der Waals surface area (Å²) in [6.07, 6.45) is 41.1. The van der Waals surface area contributed by atoms with Gasteiger partial charge in [-0.05, 0) is 51.4 Å². The molecule has 0 aromatic rings. The minimum Gasteiger partial charge on any atom is -0.462 e. The van der Waals surface area contributed by atoms with Gasteiger partial charge in [0.25, 0.3) is 0 Å². The summed E-state index contributed by atoms with van der Waals surface area (Å²) in [4.78, 5) is 107. The van der Waals surface area contributed by atoms with Crippen LogP contribution in [0.25, 0.3) is 0 Å². The molecular weight excluding hydrogens is 1560 g/mol. The molecule has 2 amide bonds. The molecule has 9 unspecified atom stereocenters. The molecule has 2 fully saturated rings. The molecule has 0 aromatic heterocycles. The number of nitrogens with one attached hydrogen (secondary N) is 2. The lowest BCUT2D eigenvalue weighted by Gasteiger charge is -2.46. The van der Waals surface area contributed by atoms with Crippen LogP contribution in [0.3, 0.4) is 0 Å². The maximum atomic E-state index is 14.7. The second kappa shape index (κ2) is 76.6. The first-order valence-corrected chi connectivity index (χ1v) is 51.5. The molecule has 9 N–H and O–H groups in total. The quantitative estimate of drug-likeness (QED) is 0.0118. The van der Waals surface area contributed by atoms with Crippen molar-refractivity contribution in [3.63, 3.8) is 0 Å². The highest BCUT2D eigenvalue weighted by Gasteiger charge is 2.53. The number of phosphoric ester groups is 1. The Morgan fingerprint density at radius 3 is 0.950 bits per heavy atom. The van der Waals surface area contributed by atoms with Gasteiger partial charge in [0, 0.05) is 12.8 Å². The molecule has 24 nitrogen and oxygen atoms in total. The molecule has 2 heterocycles. The Hall–Kier alpha value is -3.39. The molecule has 2 rings (SSSR count). The third-order valence-corrected chi connectivity index (χ3v) is 24.6. The molecule has 0 saturated carbocycles. The van der Waals surface area contributed by atoms with Crippen molar-refractivity contribution < 1.29 is 106 Å². The van der Waals surface area contributed by atoms with Crippen LogP contribution in [0.5, 0.6) is 0 Å². The first kappa shape index (κ1) is 114. The first-order chi connectivity index (χ1) is 58.6. The van der Waals surface area contributed by atoms with Crippen molar-refractivity contribution in [2.24, 2.45) is 0 Å². The van der Waals surface area contributed by atoms with E-state index in [-0.39, 0.29) is 25.7 Å². The van der Waals surface area contributed by atoms with Gasteiger partial charge in [-0.1, -0.05) is 388 Å². The van der Waals surface area contributed by atoms with Gasteiger partial charge in [-0.25, -0.2) is 4.57 Å². The number of aliphatic hydroxyl groups is 5. The number of amides is 2. The number of phosphoric acid groups is 1. The van der Waals surface area contributed by atoms with E-state index in [1.54, 1.807) is 0 Å². The minimum atomic E-state index is -5.64. The average molecular weight is 1750 g/mol. The third-order valence-electron chi connectivity index (χ3n) is 24.1. The van der Waals surface area contributed by atoms with Crippen LogP contribution in [0, 0.1) is 0 Å². The maximum absolute atomic E-state index is 14.7. The number of hydrogen-bond donors (Lipinski definition) is 9. The van der Waals surface area contributed by atoms with Crippen LogP contribution < -0.4 is 10.6 Å². The van der Waals surface area contributed by atoms with Crippen LogP contribution >= 0.6 is 7.82 Å². The highest BCUT2D eigenvalue weighted by molar-refractivity contribution is 7.46. The molecule has 25 heteroatoms. The summed E-state index contributed by atoms with van der Waals surface area (Å²) in [6, 6.07) is -3.56. The summed E-state index contributed by atoms with van der Waals surface area (Å²) in [5.74, 6) is -4.53. The molecule has 14 atom stereocenters. The Labute approximate surface area is 733 Å². The van der Waals surface area contributed by atoms with Gasteiger partial charge in [0.15, 0.2) is 24.8 Å². The predicted octanol–water partition coefficient (Wildman–Crippen LogP) is 21.3. The van der Waals surface area contributed by atoms with Crippen LogP contribution in [-0.2, 0) is 71.0 Å². The Morgan fingerprint density at radius 1 is 0.339 bits per heavy atom. The summed E-state index contributed by atoms with van der Waals surface area (Å²) < 4.78 is 61.5. The molecule has 0 bridgehead atoms. The molecule has 0 spiro atoms. The van der Waals surface area contributed by atoms with Crippen LogP contribution in [0.15, 0.2) is 0 Å². The van der Waals surface area contributed by atoms with E-state index >= 15 is 0 Å². The molecule has 2 aliphatic heterocycles. The number of rotatable bonds is 84. The molecule has 0 aromatic carbocycles. The van der Waals surface area contributed by atoms with E-state index in [2.05, 4.69) is 52.2 Å². The Morgan fingerprint density at radius 2 is 0.612 bits per heavy atom. The van der Waals surface area contributed by atoms with Crippen molar-refractivity contribution in [2.45, 2.75) is 564 Å². The number of aliphatic hydroxyl groups excluding tert-OH is 5. The van der Waals surface area contributed by atoms with Crippen LogP contribution in [0.2, 0.25) is 0 Å². The summed E-state index contributed by atoms with van der Waals surface area (Å²) in [7, 11) is -5.64. The standard InChI is InChI=1S/C96H181N2O22P/c1-7-13-19-25-31-37-38-39-40-46-52-58-63-69-85(104)114-79(67-61-55-49-43-34-28-22-16-10-4)73-84(103)98-90-94(118-87(106)72-78(101)66-60-54-48-42-33-27-21-15-9-3)92(109)82(117-96(90)120-121(110,111)112)76-113-95-89(97-83(102)71-77(100)65-59-53-47-41-32-26-20-14-8-2)93(91(108)81(75-99)116-95)119-88(107)74-80(68-62-56-50-44-35-29-23-17-11-5)115-86(105)70-64-57-51-45-36-30-24-18-12-6/h77-82,89-96,99-101,108-109H,7-76H2,1-6H3,(H,97,102)(H,98,103)(H2,110,111,112)/t77?,78?,79?,80?,81?,82?,89?,90?,91-,92-,93-,94-,95-,96?/m1/s1. The molecule has 0 radical (unpaired) electrons. The minimum absolute atomic E-state index is 0.133. The van der Waals surface area contributed by atoms with E-state index in [0.717, 1.165) is 205 Å². The van der Waals surface area contributed by atoms with E-state index in [1.165, 1.54) is 128 Å². The Balaban J connectivity index is 2.66. The molecular formula is C96H181N2O22P. The smallest absolute Gasteiger partial charge is 0.462 e. The lowest BCUT2D eigenvalue weighted by atomic mass is 9.95. The van der Waals surface area contributed by atoms with Gasteiger partial charge >= 0.3 is 31.7 Å². The third kappa shape index (κ3) is 60.9. The number of unbranched alkanes of at least 4 members (excludes halogenated alkanes) is 52. The zero-order chi connectivity index (χ0) is 88.6. The van der Waals surface area contributed by atoms with Gasteiger partial charge < -0.3 is 79.1 Å². The molecule has 2 saturated heterocycles. The van der Waals surface area contributed by atoms with Crippen LogP contribution in [-0.4, -0.2) is 170 Å². The monoisotopic (exact) mass is 1750 g/mol. The van der Waals surface area contributed by atoms with E-state index < -0.39 is 168 Å². The van der Waals surface area contributed by atoms with Gasteiger partial charge in [-0.3, -0.25) is 33.3 Å². The van der Waals surface area contributed by atoms with Gasteiger partial charge in [0.1, 0.15) is 48.7 Å². The van der Waals surface area contributed by atoms with Crippen molar-refractivity contribution in [1.82, 2.24) is 10.6 Å². The van der Waals surface area contributed by atoms with E-state index in [4.69, 9.17) is 37.7 Å². The second-order valence-electron chi connectivity index (χ2n) is 35.7. The van der Waals surface area contributed by atoms with E-state index in [9.17, 15) is 68.7 Å². The fraction of sp³-hybridized carbons (Fsp3) is 0.938. The highest BCUT2D eigenvalue weighted by atomic mass is 31.2. The van der Waals surface area contributed by atoms with Crippen molar-refractivity contribution in [1.29, 1.82) is 0 Å². The molecule has 712 valence electrons. The van der Waals surface area contributed by atoms with Crippen molar-refractivity contribution in [3.8, 4) is 0 Å². The Bertz CT molecular complexity index is 2550. The highest BCUT2D eigenvalue weighted by Crippen LogP contribution is 2.42. The van der Waals surface area contributed by atoms with Crippen LogP contribution in [0.4, 0.5) is 0 Å². The Kier molecular flexibility index (Phi) is 72.0. The largest absolute Gasteiger partial charge is 0.472 e. The number of esters is 4. The molecule has 121 heavy (non-hydrogen) atoms. The van der Waals surface area contributed by atoms with E-state index in [1.807, 2.05) is 0 Å². The second-order valence-corrected chi connectivity index (χ2v) is 36.9. The van der Waals surface area contributed by atoms with Gasteiger partial charge in [0.05, 0.1) is 51.1 Å². The van der Waals surface area contributed by atoms with Crippen molar-refractivity contribution in [3.05, 3.63) is 0 Å². The van der Waals surface area contributed by atoms with Gasteiger partial charge in [-0.15, -0.1) is 0 Å². The average Bonchev–Trinajstić information content (AvgIpc) is 0.782. The zero-order valence-electron chi connectivity index (χ0n) is 77.3. The molecule has 0 aliphatic carbocycles. The maximum Gasteiger partial charge on any atom is 0.472 e. The number of carbonyl (C=O) groups excluding carboxylic acids is 6. The summed E-state index contributed by atoms with van der Waals surface area (Å²) in [6.45, 7) is 11.3. The summed E-state index contributed by atoms with van der Waals surface area (Å²) in [5, 5.41) is 63.7. The first-order valence-electron chi connectivity index (χ1n) is 50.0. The fourth-order valence-electron chi connectivity index (χ4n) is 16.7. The predicted molar refractivity (Wildman–Crippen MR) is 479 cm³/mol. The van der Waals surface area contributed by atoms with Gasteiger partial charge in [-0.2, -0.15) is 0 Å². The lowest BCUT2D eigenvalue weighted by Crippen LogP contribution is -2.67. The zero-order valence-corrected chi connectivity index (χ0v) is 78.2. The molecule has 2 aliphatic rings. The number of carbonyl (C=O) groups is 6. The normalized spacial score (nSPS) is 20.4. The lowest BCUT2D eigenvalue weighted by molar-refractivity contribution is -0.298. The van der Waals surface area contributed by atoms with Crippen molar-refractivity contribution >= 4 is 43.5 Å². The van der Waals surface area contributed by atoms with Crippen molar-refractivity contribution in [2.75, 3.05) is 13.2 Å².